The summed E-state index contributed by atoms with van der Waals surface area (Å²) >= 11 is 1.52. The van der Waals surface area contributed by atoms with Crippen molar-refractivity contribution < 1.29 is 9.59 Å². The fourth-order valence-corrected chi connectivity index (χ4v) is 4.11. The van der Waals surface area contributed by atoms with Crippen LogP contribution in [0.15, 0.2) is 29.6 Å². The van der Waals surface area contributed by atoms with Crippen LogP contribution < -0.4 is 5.32 Å². The van der Waals surface area contributed by atoms with E-state index >= 15 is 0 Å². The van der Waals surface area contributed by atoms with Gasteiger partial charge in [-0.3, -0.25) is 9.59 Å². The van der Waals surface area contributed by atoms with Crippen LogP contribution in [0.3, 0.4) is 0 Å². The molecule has 1 aromatic carbocycles. The van der Waals surface area contributed by atoms with Crippen molar-refractivity contribution in [2.24, 2.45) is 5.92 Å². The number of thiazole rings is 1. The van der Waals surface area contributed by atoms with Crippen LogP contribution in [-0.4, -0.2) is 41.3 Å². The zero-order valence-corrected chi connectivity index (χ0v) is 17.0. The molecule has 5 nitrogen and oxygen atoms in total. The van der Waals surface area contributed by atoms with Gasteiger partial charge in [-0.25, -0.2) is 4.98 Å². The van der Waals surface area contributed by atoms with Crippen LogP contribution in [0.2, 0.25) is 0 Å². The molecule has 1 N–H and O–H groups in total. The van der Waals surface area contributed by atoms with Gasteiger partial charge in [-0.15, -0.1) is 11.3 Å². The SMILES string of the molecule is CC(=O)NCC1CCN(C(=O)c2csc(-c3ccc(C(C)C)cc3)n2)CC1. The third-order valence-electron chi connectivity index (χ3n) is 5.09. The standard InChI is InChI=1S/C21H27N3O2S/c1-14(2)17-4-6-18(7-5-17)20-23-19(13-27-20)21(26)24-10-8-16(9-11-24)12-22-15(3)25/h4-7,13-14,16H,8-12H2,1-3H3,(H,22,25). The van der Waals surface area contributed by atoms with Gasteiger partial charge in [0.25, 0.3) is 5.91 Å². The Hall–Kier alpha value is -2.21. The lowest BCUT2D eigenvalue weighted by Crippen LogP contribution is -2.41. The third-order valence-corrected chi connectivity index (χ3v) is 5.98. The molecule has 1 aliphatic heterocycles. The summed E-state index contributed by atoms with van der Waals surface area (Å²) < 4.78 is 0. The average molecular weight is 386 g/mol. The van der Waals surface area contributed by atoms with Gasteiger partial charge in [0, 0.05) is 37.5 Å². The Bertz CT molecular complexity index is 790. The van der Waals surface area contributed by atoms with Gasteiger partial charge in [-0.1, -0.05) is 38.1 Å². The molecule has 6 heteroatoms. The minimum Gasteiger partial charge on any atom is -0.356 e. The van der Waals surface area contributed by atoms with E-state index in [1.165, 1.54) is 23.8 Å². The first-order valence-corrected chi connectivity index (χ1v) is 10.4. The van der Waals surface area contributed by atoms with Gasteiger partial charge in [-0.2, -0.15) is 0 Å². The summed E-state index contributed by atoms with van der Waals surface area (Å²) in [5, 5.41) is 5.61. The maximum Gasteiger partial charge on any atom is 0.273 e. The zero-order valence-electron chi connectivity index (χ0n) is 16.2. The molecule has 27 heavy (non-hydrogen) atoms. The number of carbonyl (C=O) groups is 2. The van der Waals surface area contributed by atoms with Gasteiger partial charge in [0.1, 0.15) is 10.7 Å². The molecule has 0 bridgehead atoms. The molecule has 0 radical (unpaired) electrons. The van der Waals surface area contributed by atoms with E-state index in [0.717, 1.165) is 36.5 Å². The number of hydrogen-bond acceptors (Lipinski definition) is 4. The van der Waals surface area contributed by atoms with Crippen molar-refractivity contribution in [3.05, 3.63) is 40.9 Å². The fourth-order valence-electron chi connectivity index (χ4n) is 3.31. The van der Waals surface area contributed by atoms with Gasteiger partial charge < -0.3 is 10.2 Å². The second-order valence-electron chi connectivity index (χ2n) is 7.49. The number of likely N-dealkylation sites (tertiary alicyclic amines) is 1. The van der Waals surface area contributed by atoms with E-state index in [2.05, 4.69) is 48.4 Å². The second-order valence-corrected chi connectivity index (χ2v) is 8.35. The Labute approximate surface area is 164 Å². The van der Waals surface area contributed by atoms with Crippen molar-refractivity contribution in [1.82, 2.24) is 15.2 Å². The Balaban J connectivity index is 1.59. The summed E-state index contributed by atoms with van der Waals surface area (Å²) in [6, 6.07) is 8.41. The molecule has 0 saturated carbocycles. The highest BCUT2D eigenvalue weighted by molar-refractivity contribution is 7.13. The number of benzene rings is 1. The fraction of sp³-hybridized carbons (Fsp3) is 0.476. The van der Waals surface area contributed by atoms with Crippen molar-refractivity contribution in [2.75, 3.05) is 19.6 Å². The molecule has 0 spiro atoms. The maximum absolute atomic E-state index is 12.8. The Morgan fingerprint density at radius 2 is 1.89 bits per heavy atom. The highest BCUT2D eigenvalue weighted by Crippen LogP contribution is 2.27. The molecule has 1 saturated heterocycles. The lowest BCUT2D eigenvalue weighted by molar-refractivity contribution is -0.119. The van der Waals surface area contributed by atoms with E-state index < -0.39 is 0 Å². The van der Waals surface area contributed by atoms with E-state index in [-0.39, 0.29) is 11.8 Å². The number of carbonyl (C=O) groups excluding carboxylic acids is 2. The summed E-state index contributed by atoms with van der Waals surface area (Å²) in [4.78, 5) is 30.3. The van der Waals surface area contributed by atoms with E-state index in [4.69, 9.17) is 0 Å². The second kappa shape index (κ2) is 8.65. The van der Waals surface area contributed by atoms with E-state index in [9.17, 15) is 9.59 Å². The van der Waals surface area contributed by atoms with Gasteiger partial charge >= 0.3 is 0 Å². The number of rotatable bonds is 5. The van der Waals surface area contributed by atoms with Gasteiger partial charge in [0.15, 0.2) is 0 Å². The third kappa shape index (κ3) is 4.95. The molecule has 2 amide bonds. The molecule has 1 fully saturated rings. The number of amides is 2. The highest BCUT2D eigenvalue weighted by Gasteiger charge is 2.25. The lowest BCUT2D eigenvalue weighted by atomic mass is 9.96. The summed E-state index contributed by atoms with van der Waals surface area (Å²) in [6.07, 6.45) is 1.83. The van der Waals surface area contributed by atoms with Crippen LogP contribution >= 0.6 is 11.3 Å². The topological polar surface area (TPSA) is 62.3 Å². The van der Waals surface area contributed by atoms with Gasteiger partial charge in [0.05, 0.1) is 0 Å². The summed E-state index contributed by atoms with van der Waals surface area (Å²) in [7, 11) is 0. The van der Waals surface area contributed by atoms with E-state index in [0.29, 0.717) is 24.1 Å². The molecule has 3 rings (SSSR count). The lowest BCUT2D eigenvalue weighted by Gasteiger charge is -2.31. The van der Waals surface area contributed by atoms with Crippen molar-refractivity contribution in [3.63, 3.8) is 0 Å². The highest BCUT2D eigenvalue weighted by atomic mass is 32.1. The number of hydrogen-bond donors (Lipinski definition) is 1. The average Bonchev–Trinajstić information content (AvgIpc) is 3.16. The Morgan fingerprint density at radius 1 is 1.22 bits per heavy atom. The molecular formula is C21H27N3O2S. The van der Waals surface area contributed by atoms with Crippen LogP contribution in [0, 0.1) is 5.92 Å². The summed E-state index contributed by atoms with van der Waals surface area (Å²) in [6.45, 7) is 8.03. The van der Waals surface area contributed by atoms with Crippen LogP contribution in [0.1, 0.15) is 55.6 Å². The first-order valence-electron chi connectivity index (χ1n) is 9.53. The molecular weight excluding hydrogens is 358 g/mol. The van der Waals surface area contributed by atoms with Crippen molar-refractivity contribution in [1.29, 1.82) is 0 Å². The molecule has 1 aliphatic rings. The van der Waals surface area contributed by atoms with Gasteiger partial charge in [0.2, 0.25) is 5.91 Å². The first-order chi connectivity index (χ1) is 12.9. The molecule has 0 aliphatic carbocycles. The Kier molecular flexibility index (Phi) is 6.26. The molecule has 2 heterocycles. The predicted molar refractivity (Wildman–Crippen MR) is 109 cm³/mol. The predicted octanol–water partition coefficient (Wildman–Crippen LogP) is 3.92. The monoisotopic (exact) mass is 385 g/mol. The number of aromatic nitrogens is 1. The van der Waals surface area contributed by atoms with Gasteiger partial charge in [-0.05, 0) is 30.2 Å². The minimum absolute atomic E-state index is 0.00457. The molecule has 0 unspecified atom stereocenters. The number of nitrogens with zero attached hydrogens (tertiary/aromatic N) is 2. The zero-order chi connectivity index (χ0) is 19.4. The largest absolute Gasteiger partial charge is 0.356 e. The van der Waals surface area contributed by atoms with Crippen molar-refractivity contribution >= 4 is 23.2 Å². The quantitative estimate of drug-likeness (QED) is 0.848. The smallest absolute Gasteiger partial charge is 0.273 e. The van der Waals surface area contributed by atoms with Crippen LogP contribution in [0.4, 0.5) is 0 Å². The van der Waals surface area contributed by atoms with Crippen molar-refractivity contribution in [2.45, 2.75) is 39.5 Å². The van der Waals surface area contributed by atoms with Crippen molar-refractivity contribution in [3.8, 4) is 10.6 Å². The maximum atomic E-state index is 12.8. The number of nitrogens with one attached hydrogen (secondary N) is 1. The van der Waals surface area contributed by atoms with E-state index in [1.807, 2.05) is 10.3 Å². The first kappa shape index (κ1) is 19.5. The summed E-state index contributed by atoms with van der Waals surface area (Å²) in [5.74, 6) is 0.962. The van der Waals surface area contributed by atoms with Crippen LogP contribution in [0.25, 0.3) is 10.6 Å². The normalized spacial score (nSPS) is 15.2. The summed E-state index contributed by atoms with van der Waals surface area (Å²) in [5.41, 5.74) is 2.88. The molecule has 1 aromatic heterocycles. The van der Waals surface area contributed by atoms with Crippen LogP contribution in [-0.2, 0) is 4.79 Å². The molecule has 2 aromatic rings. The Morgan fingerprint density at radius 3 is 2.48 bits per heavy atom. The molecule has 144 valence electrons. The number of piperidine rings is 1. The molecule has 0 atom stereocenters. The van der Waals surface area contributed by atoms with Crippen LogP contribution in [0.5, 0.6) is 0 Å². The minimum atomic E-state index is 0.00457. The van der Waals surface area contributed by atoms with E-state index in [1.54, 1.807) is 0 Å².